The SMILES string of the molecule is Nc1ccccc1NC1CC2CCC(C1)N2. The van der Waals surface area contributed by atoms with E-state index in [1.165, 1.54) is 25.7 Å². The fraction of sp³-hybridized carbons (Fsp3) is 0.538. The molecule has 2 unspecified atom stereocenters. The highest BCUT2D eigenvalue weighted by molar-refractivity contribution is 5.66. The number of benzene rings is 1. The number of nitrogens with two attached hydrogens (primary N) is 1. The van der Waals surface area contributed by atoms with E-state index in [1.807, 2.05) is 18.2 Å². The third-order valence-electron chi connectivity index (χ3n) is 3.79. The van der Waals surface area contributed by atoms with Crippen LogP contribution in [0.15, 0.2) is 24.3 Å². The van der Waals surface area contributed by atoms with Gasteiger partial charge in [0, 0.05) is 18.1 Å². The van der Waals surface area contributed by atoms with Gasteiger partial charge in [-0.05, 0) is 37.8 Å². The molecule has 4 N–H and O–H groups in total. The second kappa shape index (κ2) is 3.98. The third-order valence-corrected chi connectivity index (χ3v) is 3.79. The molecule has 0 spiro atoms. The highest BCUT2D eigenvalue weighted by Gasteiger charge is 2.33. The molecule has 1 aromatic rings. The normalized spacial score (nSPS) is 32.6. The van der Waals surface area contributed by atoms with Crippen molar-refractivity contribution in [2.75, 3.05) is 11.1 Å². The lowest BCUT2D eigenvalue weighted by Crippen LogP contribution is -2.43. The van der Waals surface area contributed by atoms with Gasteiger partial charge in [0.15, 0.2) is 0 Å². The molecule has 86 valence electrons. The van der Waals surface area contributed by atoms with E-state index in [0.717, 1.165) is 23.5 Å². The molecule has 2 heterocycles. The van der Waals surface area contributed by atoms with Crippen LogP contribution >= 0.6 is 0 Å². The fourth-order valence-corrected chi connectivity index (χ4v) is 3.02. The maximum absolute atomic E-state index is 5.94. The minimum atomic E-state index is 0.587. The minimum Gasteiger partial charge on any atom is -0.397 e. The highest BCUT2D eigenvalue weighted by Crippen LogP contribution is 2.29. The summed E-state index contributed by atoms with van der Waals surface area (Å²) in [5, 5.41) is 7.23. The van der Waals surface area contributed by atoms with E-state index < -0.39 is 0 Å². The Hall–Kier alpha value is -1.22. The molecule has 2 bridgehead atoms. The molecular weight excluding hydrogens is 198 g/mol. The molecule has 2 atom stereocenters. The zero-order valence-corrected chi connectivity index (χ0v) is 9.45. The van der Waals surface area contributed by atoms with Gasteiger partial charge in [-0.15, -0.1) is 0 Å². The van der Waals surface area contributed by atoms with E-state index in [0.29, 0.717) is 6.04 Å². The van der Waals surface area contributed by atoms with Gasteiger partial charge in [-0.25, -0.2) is 0 Å². The Balaban J connectivity index is 1.69. The van der Waals surface area contributed by atoms with Crippen molar-refractivity contribution in [3.05, 3.63) is 24.3 Å². The molecule has 0 amide bonds. The second-order valence-electron chi connectivity index (χ2n) is 5.04. The molecule has 2 aliphatic heterocycles. The molecule has 16 heavy (non-hydrogen) atoms. The van der Waals surface area contributed by atoms with Crippen LogP contribution in [-0.4, -0.2) is 18.1 Å². The van der Waals surface area contributed by atoms with E-state index in [1.54, 1.807) is 0 Å². The number of hydrogen-bond acceptors (Lipinski definition) is 3. The number of anilines is 2. The van der Waals surface area contributed by atoms with Gasteiger partial charge >= 0.3 is 0 Å². The van der Waals surface area contributed by atoms with Crippen molar-refractivity contribution in [3.63, 3.8) is 0 Å². The van der Waals surface area contributed by atoms with Crippen molar-refractivity contribution in [1.82, 2.24) is 5.32 Å². The summed E-state index contributed by atoms with van der Waals surface area (Å²) in [6.07, 6.45) is 5.13. The van der Waals surface area contributed by atoms with Crippen molar-refractivity contribution in [1.29, 1.82) is 0 Å². The summed E-state index contributed by atoms with van der Waals surface area (Å²) in [6.45, 7) is 0. The summed E-state index contributed by atoms with van der Waals surface area (Å²) in [4.78, 5) is 0. The molecule has 2 aliphatic rings. The topological polar surface area (TPSA) is 50.1 Å². The lowest BCUT2D eigenvalue weighted by Gasteiger charge is -2.30. The first-order chi connectivity index (χ1) is 7.81. The van der Waals surface area contributed by atoms with E-state index >= 15 is 0 Å². The van der Waals surface area contributed by atoms with Gasteiger partial charge in [-0.2, -0.15) is 0 Å². The van der Waals surface area contributed by atoms with Crippen molar-refractivity contribution >= 4 is 11.4 Å². The van der Waals surface area contributed by atoms with Crippen molar-refractivity contribution in [2.24, 2.45) is 0 Å². The van der Waals surface area contributed by atoms with E-state index in [2.05, 4.69) is 16.7 Å². The van der Waals surface area contributed by atoms with Gasteiger partial charge in [0.05, 0.1) is 11.4 Å². The first-order valence-electron chi connectivity index (χ1n) is 6.18. The molecule has 1 aromatic carbocycles. The smallest absolute Gasteiger partial charge is 0.0576 e. The van der Waals surface area contributed by atoms with Gasteiger partial charge in [0.25, 0.3) is 0 Å². The summed E-state index contributed by atoms with van der Waals surface area (Å²) >= 11 is 0. The predicted octanol–water partition coefficient (Wildman–Crippen LogP) is 1.96. The van der Waals surface area contributed by atoms with Crippen LogP contribution in [0.3, 0.4) is 0 Å². The Labute approximate surface area is 96.4 Å². The number of hydrogen-bond donors (Lipinski definition) is 3. The average molecular weight is 217 g/mol. The maximum Gasteiger partial charge on any atom is 0.0576 e. The molecular formula is C13H19N3. The monoisotopic (exact) mass is 217 g/mol. The lowest BCUT2D eigenvalue weighted by molar-refractivity contribution is 0.378. The summed E-state index contributed by atoms with van der Waals surface area (Å²) < 4.78 is 0. The molecule has 0 radical (unpaired) electrons. The van der Waals surface area contributed by atoms with Crippen LogP contribution in [0.2, 0.25) is 0 Å². The van der Waals surface area contributed by atoms with Crippen molar-refractivity contribution in [3.8, 4) is 0 Å². The molecule has 0 aliphatic carbocycles. The van der Waals surface area contributed by atoms with Gasteiger partial charge in [-0.1, -0.05) is 12.1 Å². The number of nitrogens with one attached hydrogen (secondary N) is 2. The Morgan fingerprint density at radius 2 is 1.81 bits per heavy atom. The molecule has 2 saturated heterocycles. The van der Waals surface area contributed by atoms with Crippen LogP contribution in [0.4, 0.5) is 11.4 Å². The number of piperidine rings is 1. The zero-order chi connectivity index (χ0) is 11.0. The predicted molar refractivity (Wildman–Crippen MR) is 67.4 cm³/mol. The standard InChI is InChI=1S/C13H19N3/c14-12-3-1-2-4-13(12)16-11-7-9-5-6-10(8-11)15-9/h1-4,9-11,15-16H,5-8,14H2. The number of rotatable bonds is 2. The molecule has 3 nitrogen and oxygen atoms in total. The molecule has 2 fully saturated rings. The maximum atomic E-state index is 5.94. The van der Waals surface area contributed by atoms with Crippen LogP contribution in [0, 0.1) is 0 Å². The lowest BCUT2D eigenvalue weighted by atomic mass is 9.99. The number of fused-ring (bicyclic) bond motifs is 2. The third kappa shape index (κ3) is 1.87. The quantitative estimate of drug-likeness (QED) is 0.664. The average Bonchev–Trinajstić information content (AvgIpc) is 2.62. The summed E-state index contributed by atoms with van der Waals surface area (Å²) in [7, 11) is 0. The van der Waals surface area contributed by atoms with E-state index in [9.17, 15) is 0 Å². The minimum absolute atomic E-state index is 0.587. The first-order valence-corrected chi connectivity index (χ1v) is 6.18. The van der Waals surface area contributed by atoms with Crippen LogP contribution in [0.25, 0.3) is 0 Å². The summed E-state index contributed by atoms with van der Waals surface area (Å²) in [6, 6.07) is 10.1. The highest BCUT2D eigenvalue weighted by atomic mass is 15.1. The Bertz CT molecular complexity index is 365. The summed E-state index contributed by atoms with van der Waals surface area (Å²) in [5.41, 5.74) is 7.89. The second-order valence-corrected chi connectivity index (χ2v) is 5.04. The van der Waals surface area contributed by atoms with Crippen molar-refractivity contribution in [2.45, 2.75) is 43.8 Å². The molecule has 0 aromatic heterocycles. The summed E-state index contributed by atoms with van der Waals surface area (Å²) in [5.74, 6) is 0. The molecule has 3 heteroatoms. The van der Waals surface area contributed by atoms with Crippen LogP contribution < -0.4 is 16.4 Å². The van der Waals surface area contributed by atoms with Gasteiger partial charge in [0.1, 0.15) is 0 Å². The zero-order valence-electron chi connectivity index (χ0n) is 9.45. The fourth-order valence-electron chi connectivity index (χ4n) is 3.02. The van der Waals surface area contributed by atoms with Gasteiger partial charge < -0.3 is 16.4 Å². The Kier molecular flexibility index (Phi) is 2.48. The number of nitrogen functional groups attached to an aromatic ring is 1. The Morgan fingerprint density at radius 1 is 1.12 bits per heavy atom. The van der Waals surface area contributed by atoms with Crippen molar-refractivity contribution < 1.29 is 0 Å². The number of para-hydroxylation sites is 2. The molecule has 0 saturated carbocycles. The van der Waals surface area contributed by atoms with E-state index in [-0.39, 0.29) is 0 Å². The van der Waals surface area contributed by atoms with Gasteiger partial charge in [-0.3, -0.25) is 0 Å². The van der Waals surface area contributed by atoms with Crippen LogP contribution in [0.5, 0.6) is 0 Å². The van der Waals surface area contributed by atoms with Crippen LogP contribution in [-0.2, 0) is 0 Å². The Morgan fingerprint density at radius 3 is 2.50 bits per heavy atom. The van der Waals surface area contributed by atoms with E-state index in [4.69, 9.17) is 5.73 Å². The largest absolute Gasteiger partial charge is 0.397 e. The van der Waals surface area contributed by atoms with Gasteiger partial charge in [0.2, 0.25) is 0 Å². The van der Waals surface area contributed by atoms with Crippen LogP contribution in [0.1, 0.15) is 25.7 Å². The molecule has 3 rings (SSSR count). The first kappa shape index (κ1) is 9.97.